The summed E-state index contributed by atoms with van der Waals surface area (Å²) < 4.78 is 1.10. The fourth-order valence-electron chi connectivity index (χ4n) is 5.86. The predicted molar refractivity (Wildman–Crippen MR) is 88.9 cm³/mol. The van der Waals surface area contributed by atoms with Gasteiger partial charge in [0.15, 0.2) is 0 Å². The summed E-state index contributed by atoms with van der Waals surface area (Å²) in [4.78, 5) is 0. The number of halogens is 1. The maximum atomic E-state index is 11.8. The van der Waals surface area contributed by atoms with Gasteiger partial charge in [-0.1, -0.05) is 53.7 Å². The highest BCUT2D eigenvalue weighted by molar-refractivity contribution is 9.10. The van der Waals surface area contributed by atoms with Crippen molar-refractivity contribution in [2.75, 3.05) is 0 Å². The third-order valence-corrected chi connectivity index (χ3v) is 7.15. The van der Waals surface area contributed by atoms with Gasteiger partial charge in [-0.15, -0.1) is 0 Å². The summed E-state index contributed by atoms with van der Waals surface area (Å²) in [5, 5.41) is 11.8. The van der Waals surface area contributed by atoms with Gasteiger partial charge in [0, 0.05) is 4.47 Å². The van der Waals surface area contributed by atoms with Crippen LogP contribution in [0.4, 0.5) is 0 Å². The summed E-state index contributed by atoms with van der Waals surface area (Å²) in [6.07, 6.45) is 10.5. The average Bonchev–Trinajstić information content (AvgIpc) is 2.80. The third kappa shape index (κ3) is 2.13. The Morgan fingerprint density at radius 3 is 1.81 bits per heavy atom. The maximum Gasteiger partial charge on any atom is 0.0958 e. The monoisotopic (exact) mass is 348 g/mol. The van der Waals surface area contributed by atoms with Gasteiger partial charge in [0.05, 0.1) is 5.60 Å². The molecule has 1 unspecified atom stereocenters. The SMILES string of the molecule is OC1(c2ccc(Br)cc2)[C@H]2CCCC[C@@H]2[C@@H]2CCCC[C@@H]21. The van der Waals surface area contributed by atoms with E-state index in [2.05, 4.69) is 40.2 Å². The summed E-state index contributed by atoms with van der Waals surface area (Å²) in [6, 6.07) is 8.52. The first kappa shape index (κ1) is 14.3. The van der Waals surface area contributed by atoms with Crippen LogP contribution in [0, 0.1) is 23.7 Å². The second-order valence-electron chi connectivity index (χ2n) is 7.44. The van der Waals surface area contributed by atoms with Gasteiger partial charge in [-0.05, 0) is 67.1 Å². The Labute approximate surface area is 136 Å². The summed E-state index contributed by atoms with van der Waals surface area (Å²) in [7, 11) is 0. The molecular weight excluding hydrogens is 324 g/mol. The van der Waals surface area contributed by atoms with Crippen molar-refractivity contribution in [3.63, 3.8) is 0 Å². The molecular formula is C19H25BrO. The molecule has 3 aliphatic rings. The van der Waals surface area contributed by atoms with Gasteiger partial charge >= 0.3 is 0 Å². The van der Waals surface area contributed by atoms with Gasteiger partial charge in [0.1, 0.15) is 0 Å². The molecule has 21 heavy (non-hydrogen) atoms. The van der Waals surface area contributed by atoms with Gasteiger partial charge < -0.3 is 5.11 Å². The molecule has 0 bridgehead atoms. The lowest BCUT2D eigenvalue weighted by Gasteiger charge is -2.39. The number of benzene rings is 1. The highest BCUT2D eigenvalue weighted by Crippen LogP contribution is 2.62. The van der Waals surface area contributed by atoms with Gasteiger partial charge in [-0.3, -0.25) is 0 Å². The van der Waals surface area contributed by atoms with Crippen molar-refractivity contribution in [3.8, 4) is 0 Å². The molecule has 1 aromatic rings. The van der Waals surface area contributed by atoms with E-state index in [4.69, 9.17) is 0 Å². The molecule has 114 valence electrons. The van der Waals surface area contributed by atoms with Crippen LogP contribution in [-0.4, -0.2) is 5.11 Å². The van der Waals surface area contributed by atoms with E-state index in [0.717, 1.165) is 16.3 Å². The number of hydrogen-bond donors (Lipinski definition) is 1. The minimum Gasteiger partial charge on any atom is -0.385 e. The van der Waals surface area contributed by atoms with E-state index in [9.17, 15) is 5.11 Å². The Hall–Kier alpha value is -0.340. The Morgan fingerprint density at radius 2 is 1.29 bits per heavy atom. The third-order valence-electron chi connectivity index (χ3n) is 6.63. The molecule has 0 heterocycles. The van der Waals surface area contributed by atoms with E-state index in [-0.39, 0.29) is 0 Å². The zero-order valence-electron chi connectivity index (χ0n) is 12.6. The molecule has 5 atom stereocenters. The van der Waals surface area contributed by atoms with Crippen molar-refractivity contribution in [2.24, 2.45) is 23.7 Å². The van der Waals surface area contributed by atoms with E-state index in [0.29, 0.717) is 11.8 Å². The van der Waals surface area contributed by atoms with Crippen molar-refractivity contribution < 1.29 is 5.11 Å². The first-order valence-corrected chi connectivity index (χ1v) is 9.49. The molecule has 3 saturated carbocycles. The van der Waals surface area contributed by atoms with Crippen molar-refractivity contribution in [2.45, 2.75) is 57.0 Å². The van der Waals surface area contributed by atoms with Crippen molar-refractivity contribution in [1.82, 2.24) is 0 Å². The molecule has 0 aromatic heterocycles. The fraction of sp³-hybridized carbons (Fsp3) is 0.684. The highest BCUT2D eigenvalue weighted by atomic mass is 79.9. The fourth-order valence-corrected chi connectivity index (χ4v) is 6.12. The normalized spacial score (nSPS) is 42.4. The Balaban J connectivity index is 1.78. The van der Waals surface area contributed by atoms with Gasteiger partial charge in [-0.25, -0.2) is 0 Å². The molecule has 0 aliphatic heterocycles. The van der Waals surface area contributed by atoms with Crippen LogP contribution >= 0.6 is 15.9 Å². The number of rotatable bonds is 1. The lowest BCUT2D eigenvalue weighted by atomic mass is 9.71. The van der Waals surface area contributed by atoms with E-state index in [1.165, 1.54) is 56.9 Å². The van der Waals surface area contributed by atoms with Crippen LogP contribution < -0.4 is 0 Å². The topological polar surface area (TPSA) is 20.2 Å². The smallest absolute Gasteiger partial charge is 0.0958 e. The van der Waals surface area contributed by atoms with Crippen LogP contribution in [0.1, 0.15) is 56.9 Å². The molecule has 1 nitrogen and oxygen atoms in total. The lowest BCUT2D eigenvalue weighted by Crippen LogP contribution is -2.39. The van der Waals surface area contributed by atoms with E-state index in [1.54, 1.807) is 0 Å². The molecule has 3 fully saturated rings. The predicted octanol–water partition coefficient (Wildman–Crippen LogP) is 5.26. The first-order chi connectivity index (χ1) is 10.2. The van der Waals surface area contributed by atoms with Crippen LogP contribution in [0.3, 0.4) is 0 Å². The highest BCUT2D eigenvalue weighted by Gasteiger charge is 2.60. The Morgan fingerprint density at radius 1 is 0.810 bits per heavy atom. The van der Waals surface area contributed by atoms with Gasteiger partial charge in [-0.2, -0.15) is 0 Å². The zero-order chi connectivity index (χ0) is 14.4. The average molecular weight is 349 g/mol. The zero-order valence-corrected chi connectivity index (χ0v) is 14.2. The van der Waals surface area contributed by atoms with Gasteiger partial charge in [0.25, 0.3) is 0 Å². The number of hydrogen-bond acceptors (Lipinski definition) is 1. The molecule has 1 aromatic carbocycles. The Bertz CT molecular complexity index is 487. The molecule has 3 aliphatic carbocycles. The molecule has 1 N–H and O–H groups in total. The van der Waals surface area contributed by atoms with Crippen LogP contribution in [0.15, 0.2) is 28.7 Å². The minimum atomic E-state index is -0.559. The van der Waals surface area contributed by atoms with E-state index >= 15 is 0 Å². The molecule has 4 rings (SSSR count). The van der Waals surface area contributed by atoms with Crippen molar-refractivity contribution in [1.29, 1.82) is 0 Å². The van der Waals surface area contributed by atoms with E-state index < -0.39 is 5.60 Å². The van der Waals surface area contributed by atoms with Crippen LogP contribution in [0.25, 0.3) is 0 Å². The number of aliphatic hydroxyl groups is 1. The molecule has 2 heteroatoms. The summed E-state index contributed by atoms with van der Waals surface area (Å²) in [6.45, 7) is 0. The Kier molecular flexibility index (Phi) is 3.66. The van der Waals surface area contributed by atoms with E-state index in [1.807, 2.05) is 0 Å². The van der Waals surface area contributed by atoms with Crippen LogP contribution in [-0.2, 0) is 5.60 Å². The molecule has 0 amide bonds. The lowest BCUT2D eigenvalue weighted by molar-refractivity contribution is -0.0650. The second kappa shape index (κ2) is 5.38. The van der Waals surface area contributed by atoms with Gasteiger partial charge in [0.2, 0.25) is 0 Å². The quantitative estimate of drug-likeness (QED) is 0.733. The van der Waals surface area contributed by atoms with Crippen LogP contribution in [0.2, 0.25) is 0 Å². The number of fused-ring (bicyclic) bond motifs is 3. The summed E-state index contributed by atoms with van der Waals surface area (Å²) >= 11 is 3.53. The standard InChI is InChI=1S/C19H25BrO/c20-14-11-9-13(10-12-14)19(21)17-7-3-1-5-15(17)16-6-2-4-8-18(16)19/h9-12,15-18,21H,1-8H2/t15-,16+,17-,18-,19?/m0/s1. The minimum absolute atomic E-state index is 0.500. The summed E-state index contributed by atoms with van der Waals surface area (Å²) in [5.74, 6) is 2.55. The largest absolute Gasteiger partial charge is 0.385 e. The van der Waals surface area contributed by atoms with Crippen LogP contribution in [0.5, 0.6) is 0 Å². The van der Waals surface area contributed by atoms with Crippen molar-refractivity contribution >= 4 is 15.9 Å². The summed E-state index contributed by atoms with van der Waals surface area (Å²) in [5.41, 5.74) is 0.619. The van der Waals surface area contributed by atoms with Crippen molar-refractivity contribution in [3.05, 3.63) is 34.3 Å². The second-order valence-corrected chi connectivity index (χ2v) is 8.36. The molecule has 0 spiro atoms. The first-order valence-electron chi connectivity index (χ1n) is 8.69. The molecule has 0 saturated heterocycles. The molecule has 0 radical (unpaired) electrons. The maximum absolute atomic E-state index is 11.8.